The average Bonchev–Trinajstić information content (AvgIpc) is 1.48. The normalized spacial score (nSPS) is 31.2. The molecule has 6 N–H and O–H groups in total. The van der Waals surface area contributed by atoms with Gasteiger partial charge in [-0.25, -0.2) is 4.79 Å². The fourth-order valence-corrected chi connectivity index (χ4v) is 19.6. The lowest BCUT2D eigenvalue weighted by Gasteiger charge is -2.55. The summed E-state index contributed by atoms with van der Waals surface area (Å²) in [6.45, 7) is 25.7. The molecule has 6 fully saturated rings. The summed E-state index contributed by atoms with van der Waals surface area (Å²) >= 11 is 0. The monoisotopic (exact) mass is 1770 g/mol. The van der Waals surface area contributed by atoms with Gasteiger partial charge >= 0.3 is 24.1 Å². The molecule has 0 radical (unpaired) electrons. The maximum atomic E-state index is 15.9. The first-order chi connectivity index (χ1) is 58.8. The van der Waals surface area contributed by atoms with Crippen LogP contribution in [0.4, 0.5) is 4.79 Å². The Balaban J connectivity index is 1.12. The number of aliphatic hydroxyl groups is 1. The molecule has 704 valence electrons. The minimum Gasteiger partial charge on any atom is -0.463 e. The molecule has 0 aromatic heterocycles. The molecular weight excluding hydrogens is 1630 g/mol. The lowest BCUT2D eigenvalue weighted by Crippen LogP contribution is -2.64. The molecule has 126 heavy (non-hydrogen) atoms. The molecule has 2 bridgehead atoms. The summed E-state index contributed by atoms with van der Waals surface area (Å²) in [7, 11) is 9.42. The van der Waals surface area contributed by atoms with E-state index in [1.165, 1.54) is 82.8 Å². The lowest BCUT2D eigenvalue weighted by molar-refractivity contribution is -0.161. The van der Waals surface area contributed by atoms with E-state index in [-0.39, 0.29) is 86.2 Å². The van der Waals surface area contributed by atoms with E-state index in [1.807, 2.05) is 54.5 Å². The van der Waals surface area contributed by atoms with E-state index >= 15 is 19.2 Å². The van der Waals surface area contributed by atoms with Crippen molar-refractivity contribution < 1.29 is 115 Å². The van der Waals surface area contributed by atoms with Crippen LogP contribution in [0.5, 0.6) is 0 Å². The predicted molar refractivity (Wildman–Crippen MR) is 459 cm³/mol. The molecule has 7 aliphatic rings. The number of epoxide rings is 1. The molecule has 3 saturated heterocycles. The van der Waals surface area contributed by atoms with Crippen molar-refractivity contribution in [2.24, 2.45) is 64.4 Å². The van der Waals surface area contributed by atoms with E-state index < -0.39 is 253 Å². The highest BCUT2D eigenvalue weighted by atomic mass is 16.8. The van der Waals surface area contributed by atoms with Crippen LogP contribution >= 0.6 is 0 Å². The number of aliphatic hydroxyl groups excluding tert-OH is 1. The van der Waals surface area contributed by atoms with Crippen LogP contribution in [0, 0.1) is 58.7 Å². The Bertz CT molecular complexity index is 4160. The number of nitrogens with zero attached hydrogens (tertiary/aromatic N) is 8. The van der Waals surface area contributed by atoms with Gasteiger partial charge in [0.25, 0.3) is 0 Å². The van der Waals surface area contributed by atoms with Gasteiger partial charge in [0.2, 0.25) is 77.6 Å². The van der Waals surface area contributed by atoms with Crippen LogP contribution < -0.4 is 21.7 Å². The van der Waals surface area contributed by atoms with E-state index in [0.717, 1.165) is 25.2 Å². The summed E-state index contributed by atoms with van der Waals surface area (Å²) in [6, 6.07) is -16.4. The van der Waals surface area contributed by atoms with Crippen LogP contribution in [0.25, 0.3) is 0 Å². The number of ketones is 2. The maximum Gasteiger partial charge on any atom is 0.511 e. The van der Waals surface area contributed by atoms with Crippen molar-refractivity contribution in [3.05, 3.63) is 36.0 Å². The Labute approximate surface area is 740 Å². The molecule has 21 atom stereocenters. The summed E-state index contributed by atoms with van der Waals surface area (Å²) in [5.41, 5.74) is 4.35. The molecule has 36 nitrogen and oxygen atoms in total. The number of carbonyl (C=O) groups is 17. The smallest absolute Gasteiger partial charge is 0.463 e. The number of likely N-dealkylation sites (N-methyl/N-ethyl adjacent to an activating group) is 7. The summed E-state index contributed by atoms with van der Waals surface area (Å²) in [4.78, 5) is 255. The standard InChI is InChI=1S/C90H140N12O24/c1-25-27-28-52(13)75(125-87(120)124-46-123-86(119)60(91)44-121-69(107)31-32-70(108)122-45-67(105)89-36-34-59-58-30-29-56-41-57(103)33-35-88(56,17)71(58)66(104)42-90(59,89)126-89)74-78(111)93-61(26-2)81(114)95(18)43-68(106)96(19)62(37-47(3)4)77(110)94-72(50(9)10)84(117)97(20)63(38-48(5)6)76(109)92-54(15)79(112)102-53(14)40-65(98(21)80(113)55(102)16)82(115)99(22)64(39-49(7)8)83(116)100(23)73(51(11)12)85(118)101(74)24/h25,27,33,35,41,47-55,58-66,71-75,104H,26,28-32,34,36-40,42-46,91H2,1-24H3,(H,92,109)(H,93,111)(H,94,110)/b27-25+/t52-,53?,54?,55?,58?,59?,60-,61?,62+,63?,64?,65?,66+,71?,72?,73?,74?,75-,88+,89+,90-/m1/s1. The average molecular weight is 1770 g/mol. The number of ether oxygens (including phenoxy) is 6. The molecule has 3 saturated carbocycles. The second-order valence-electron chi connectivity index (χ2n) is 37.8. The van der Waals surface area contributed by atoms with E-state index in [9.17, 15) is 67.4 Å². The zero-order valence-corrected chi connectivity index (χ0v) is 78.2. The number of allylic oxidation sites excluding steroid dienone is 6. The van der Waals surface area contributed by atoms with Gasteiger partial charge in [-0.3, -0.25) is 76.7 Å². The van der Waals surface area contributed by atoms with Crippen molar-refractivity contribution in [1.29, 1.82) is 0 Å². The second-order valence-corrected chi connectivity index (χ2v) is 37.8. The van der Waals surface area contributed by atoms with E-state index in [4.69, 9.17) is 34.2 Å². The summed E-state index contributed by atoms with van der Waals surface area (Å²) in [5, 5.41) is 20.1. The quantitative estimate of drug-likeness (QED) is 0.0284. The third-order valence-electron chi connectivity index (χ3n) is 26.7. The highest BCUT2D eigenvalue weighted by molar-refractivity contribution is 6.02. The molecule has 13 unspecified atom stereocenters. The van der Waals surface area contributed by atoms with Crippen LogP contribution in [0.3, 0.4) is 0 Å². The number of nitrogens with two attached hydrogens (primary N) is 1. The first-order valence-electron chi connectivity index (χ1n) is 44.4. The van der Waals surface area contributed by atoms with Crippen molar-refractivity contribution >= 4 is 101 Å². The van der Waals surface area contributed by atoms with Crippen LogP contribution in [0.15, 0.2) is 36.0 Å². The molecule has 4 aliphatic carbocycles. The number of carbonyl (C=O) groups excluding carboxylic acids is 17. The molecule has 11 amide bonds. The van der Waals surface area contributed by atoms with Gasteiger partial charge in [-0.15, -0.1) is 0 Å². The minimum atomic E-state index is -1.95. The van der Waals surface area contributed by atoms with Crippen LogP contribution in [-0.2, 0) is 105 Å². The first kappa shape index (κ1) is 103. The Morgan fingerprint density at radius 2 is 1.22 bits per heavy atom. The molecule has 0 aromatic carbocycles. The molecule has 3 aliphatic heterocycles. The molecule has 36 heteroatoms. The molecule has 0 aromatic rings. The zero-order chi connectivity index (χ0) is 94.7. The van der Waals surface area contributed by atoms with Crippen molar-refractivity contribution in [1.82, 2.24) is 55.1 Å². The Morgan fingerprint density at radius 1 is 0.643 bits per heavy atom. The summed E-state index contributed by atoms with van der Waals surface area (Å²) in [5.74, 6) is -15.5. The number of hydrogen-bond donors (Lipinski definition) is 5. The number of rotatable bonds is 25. The second kappa shape index (κ2) is 43.4. The highest BCUT2D eigenvalue weighted by Crippen LogP contribution is 2.73. The molecule has 1 spiro atoms. The topological polar surface area (TPSA) is 457 Å². The van der Waals surface area contributed by atoms with Gasteiger partial charge < -0.3 is 94.4 Å². The molecule has 3 heterocycles. The number of Topliss-reactive ketones (excluding diaryl/α,β-unsaturated/α-hetero) is 1. The van der Waals surface area contributed by atoms with Gasteiger partial charge in [0.05, 0.1) is 25.5 Å². The van der Waals surface area contributed by atoms with Crippen molar-refractivity contribution in [2.75, 3.05) is 75.9 Å². The molecular formula is C90H140N12O24. The zero-order valence-electron chi connectivity index (χ0n) is 78.2. The van der Waals surface area contributed by atoms with Crippen molar-refractivity contribution in [3.8, 4) is 0 Å². The van der Waals surface area contributed by atoms with Gasteiger partial charge in [-0.05, 0) is 151 Å². The van der Waals surface area contributed by atoms with Crippen molar-refractivity contribution in [3.63, 3.8) is 0 Å². The molecule has 7 rings (SSSR count). The number of nitrogens with one attached hydrogen (secondary N) is 3. The fraction of sp³-hybridized carbons (Fsp3) is 0.744. The van der Waals surface area contributed by atoms with Gasteiger partial charge in [0.15, 0.2) is 18.0 Å². The van der Waals surface area contributed by atoms with Gasteiger partial charge in [0, 0.05) is 73.1 Å². The lowest BCUT2D eigenvalue weighted by atomic mass is 9.49. The number of esters is 3. The van der Waals surface area contributed by atoms with Gasteiger partial charge in [-0.2, -0.15) is 0 Å². The van der Waals surface area contributed by atoms with Gasteiger partial charge in [0.1, 0.15) is 84.8 Å². The van der Waals surface area contributed by atoms with Gasteiger partial charge in [-0.1, -0.05) is 114 Å². The summed E-state index contributed by atoms with van der Waals surface area (Å²) < 4.78 is 33.3. The highest BCUT2D eigenvalue weighted by Gasteiger charge is 2.83. The number of fused-ring (bicyclic) bond motifs is 7. The Hall–Kier alpha value is -9.71. The van der Waals surface area contributed by atoms with Crippen LogP contribution in [0.2, 0.25) is 0 Å². The van der Waals surface area contributed by atoms with Crippen LogP contribution in [-0.4, -0.2) is 317 Å². The third-order valence-corrected chi connectivity index (χ3v) is 26.7. The van der Waals surface area contributed by atoms with Crippen LogP contribution in [0.1, 0.15) is 201 Å². The first-order valence-corrected chi connectivity index (χ1v) is 44.4. The van der Waals surface area contributed by atoms with E-state index in [0.29, 0.717) is 25.7 Å². The van der Waals surface area contributed by atoms with E-state index in [1.54, 1.807) is 79.7 Å². The number of amides is 11. The maximum absolute atomic E-state index is 15.9. The largest absolute Gasteiger partial charge is 0.511 e. The number of hydrogen-bond acceptors (Lipinski definition) is 25. The Morgan fingerprint density at radius 3 is 1.81 bits per heavy atom. The fourth-order valence-electron chi connectivity index (χ4n) is 19.6. The third kappa shape index (κ3) is 23.0. The minimum absolute atomic E-state index is 0.0113. The summed E-state index contributed by atoms with van der Waals surface area (Å²) in [6.07, 6.45) is 5.74. The Kier molecular flexibility index (Phi) is 35.6. The van der Waals surface area contributed by atoms with E-state index in [2.05, 4.69) is 16.0 Å². The SMILES string of the molecule is C/C=C/C[C@@H](C)[C@@H](OC(=O)OCOC(=O)[C@H](N)COC(=O)CCC(=O)OCC(=O)[C@@]12CCC3C4CCC5=CC(=O)C=C[C@]5(C)C4[C@@H](O)C[C@@]31O2)C1C(=O)NC(CC)C(=O)N(C)CC(=O)N(C)[C@@H](CC(C)C)C(=O)NC(C(C)C)C(=O)N(C)C(CC(C)C)C(=O)NC(C)C(=O)N2C(C)CC(C(=O)N(C)C(CC(C)C)C(=O)N(C)C(C(C)C)C(=O)N1C)N(C)C(=O)C2C. The van der Waals surface area contributed by atoms with Crippen molar-refractivity contribution in [2.45, 2.75) is 297 Å². The predicted octanol–water partition coefficient (Wildman–Crippen LogP) is 3.93.